The van der Waals surface area contributed by atoms with Crippen LogP contribution in [0, 0.1) is 11.8 Å². The van der Waals surface area contributed by atoms with Gasteiger partial charge in [-0.1, -0.05) is 111 Å². The summed E-state index contributed by atoms with van der Waals surface area (Å²) in [7, 11) is 0. The largest absolute Gasteiger partial charge is 0.466 e. The zero-order valence-electron chi connectivity index (χ0n) is 18.5. The number of hydrogen-bond acceptors (Lipinski definition) is 2. The molecule has 0 aliphatic carbocycles. The molecule has 2 heteroatoms. The first kappa shape index (κ1) is 25.5. The van der Waals surface area contributed by atoms with E-state index in [1.807, 2.05) is 6.92 Å². The molecule has 2 atom stereocenters. The molecule has 0 rings (SSSR count). The van der Waals surface area contributed by atoms with Crippen LogP contribution in [-0.4, -0.2) is 12.6 Å². The monoisotopic (exact) mass is 368 g/mol. The van der Waals surface area contributed by atoms with E-state index in [1.54, 1.807) is 0 Å². The summed E-state index contributed by atoms with van der Waals surface area (Å²) < 4.78 is 5.30. The van der Waals surface area contributed by atoms with Crippen molar-refractivity contribution in [3.8, 4) is 0 Å². The Morgan fingerprint density at radius 1 is 0.654 bits per heavy atom. The average molecular weight is 369 g/mol. The van der Waals surface area contributed by atoms with E-state index in [-0.39, 0.29) is 11.9 Å². The molecule has 156 valence electrons. The summed E-state index contributed by atoms with van der Waals surface area (Å²) in [5.74, 6) is 0.610. The third kappa shape index (κ3) is 14.6. The summed E-state index contributed by atoms with van der Waals surface area (Å²) in [6.07, 6.45) is 21.1. The van der Waals surface area contributed by atoms with Crippen LogP contribution in [0.15, 0.2) is 0 Å². The van der Waals surface area contributed by atoms with Gasteiger partial charge in [-0.2, -0.15) is 0 Å². The lowest BCUT2D eigenvalue weighted by atomic mass is 9.85. The van der Waals surface area contributed by atoms with Crippen molar-refractivity contribution in [2.45, 2.75) is 130 Å². The number of carbonyl (C=O) groups is 1. The standard InChI is InChI=1S/C24H48O2/c1-5-8-10-11-12-13-14-15-16-17-18-19-20-22(4)23(21-9-6-2)24(25)26-7-3/h22-23H,5-21H2,1-4H3. The van der Waals surface area contributed by atoms with E-state index in [0.717, 1.165) is 19.3 Å². The minimum atomic E-state index is 0.0346. The Labute approximate surface area is 164 Å². The van der Waals surface area contributed by atoms with Gasteiger partial charge in [-0.25, -0.2) is 0 Å². The Balaban J connectivity index is 3.65. The molecule has 0 bridgehead atoms. The van der Waals surface area contributed by atoms with E-state index in [0.29, 0.717) is 12.5 Å². The first-order chi connectivity index (χ1) is 12.7. The Bertz CT molecular complexity index is 301. The molecule has 0 amide bonds. The lowest BCUT2D eigenvalue weighted by Gasteiger charge is -2.22. The second kappa shape index (κ2) is 19.2. The summed E-state index contributed by atoms with van der Waals surface area (Å²) in [4.78, 5) is 12.2. The fourth-order valence-corrected chi connectivity index (χ4v) is 3.82. The van der Waals surface area contributed by atoms with Crippen LogP contribution < -0.4 is 0 Å². The molecule has 0 heterocycles. The Morgan fingerprint density at radius 3 is 1.58 bits per heavy atom. The van der Waals surface area contributed by atoms with Crippen molar-refractivity contribution in [3.63, 3.8) is 0 Å². The fourth-order valence-electron chi connectivity index (χ4n) is 3.82. The van der Waals surface area contributed by atoms with Crippen LogP contribution in [-0.2, 0) is 9.53 Å². The molecular formula is C24H48O2. The van der Waals surface area contributed by atoms with E-state index in [4.69, 9.17) is 4.74 Å². The van der Waals surface area contributed by atoms with Gasteiger partial charge in [0.1, 0.15) is 0 Å². The number of hydrogen-bond donors (Lipinski definition) is 0. The normalized spacial score (nSPS) is 13.5. The van der Waals surface area contributed by atoms with Crippen LogP contribution in [0.3, 0.4) is 0 Å². The van der Waals surface area contributed by atoms with Gasteiger partial charge < -0.3 is 4.74 Å². The zero-order valence-corrected chi connectivity index (χ0v) is 18.5. The molecule has 0 spiro atoms. The molecule has 2 nitrogen and oxygen atoms in total. The van der Waals surface area contributed by atoms with Crippen LogP contribution in [0.1, 0.15) is 130 Å². The van der Waals surface area contributed by atoms with Crippen molar-refractivity contribution in [1.82, 2.24) is 0 Å². The summed E-state index contributed by atoms with van der Waals surface area (Å²) in [5.41, 5.74) is 0. The molecule has 0 radical (unpaired) electrons. The van der Waals surface area contributed by atoms with Crippen molar-refractivity contribution in [2.75, 3.05) is 6.61 Å². The number of carbonyl (C=O) groups excluding carboxylic acids is 1. The first-order valence-electron chi connectivity index (χ1n) is 11.8. The van der Waals surface area contributed by atoms with Crippen molar-refractivity contribution >= 4 is 5.97 Å². The highest BCUT2D eigenvalue weighted by Gasteiger charge is 2.25. The summed E-state index contributed by atoms with van der Waals surface area (Å²) in [6, 6.07) is 0. The molecule has 2 unspecified atom stereocenters. The lowest BCUT2D eigenvalue weighted by molar-refractivity contribution is -0.150. The van der Waals surface area contributed by atoms with Gasteiger partial charge in [-0.3, -0.25) is 4.79 Å². The molecule has 0 aliphatic rings. The molecule has 26 heavy (non-hydrogen) atoms. The van der Waals surface area contributed by atoms with Crippen molar-refractivity contribution in [3.05, 3.63) is 0 Å². The van der Waals surface area contributed by atoms with Crippen molar-refractivity contribution in [1.29, 1.82) is 0 Å². The molecule has 0 saturated heterocycles. The third-order valence-electron chi connectivity index (χ3n) is 5.66. The van der Waals surface area contributed by atoms with Gasteiger partial charge in [0.05, 0.1) is 12.5 Å². The first-order valence-corrected chi connectivity index (χ1v) is 11.8. The lowest BCUT2D eigenvalue weighted by Crippen LogP contribution is -2.24. The zero-order chi connectivity index (χ0) is 19.5. The maximum Gasteiger partial charge on any atom is 0.309 e. The van der Waals surface area contributed by atoms with E-state index in [2.05, 4.69) is 20.8 Å². The van der Waals surface area contributed by atoms with Gasteiger partial charge in [0, 0.05) is 0 Å². The highest BCUT2D eigenvalue weighted by Crippen LogP contribution is 2.25. The van der Waals surface area contributed by atoms with Crippen LogP contribution in [0.2, 0.25) is 0 Å². The highest BCUT2D eigenvalue weighted by molar-refractivity contribution is 5.72. The van der Waals surface area contributed by atoms with Gasteiger partial charge in [0.25, 0.3) is 0 Å². The SMILES string of the molecule is CCCCCCCCCCCCCCC(C)C(CCCC)C(=O)OCC. The van der Waals surface area contributed by atoms with E-state index >= 15 is 0 Å². The quantitative estimate of drug-likeness (QED) is 0.170. The number of rotatable bonds is 19. The Kier molecular flexibility index (Phi) is 18.8. The van der Waals surface area contributed by atoms with Gasteiger partial charge in [0.2, 0.25) is 0 Å². The maximum absolute atomic E-state index is 12.2. The minimum Gasteiger partial charge on any atom is -0.466 e. The van der Waals surface area contributed by atoms with Gasteiger partial charge >= 0.3 is 5.97 Å². The van der Waals surface area contributed by atoms with Crippen LogP contribution in [0.4, 0.5) is 0 Å². The smallest absolute Gasteiger partial charge is 0.309 e. The van der Waals surface area contributed by atoms with E-state index in [9.17, 15) is 4.79 Å². The van der Waals surface area contributed by atoms with Crippen molar-refractivity contribution in [2.24, 2.45) is 11.8 Å². The summed E-state index contributed by atoms with van der Waals surface area (Å²) in [6.45, 7) is 9.13. The second-order valence-corrected chi connectivity index (χ2v) is 8.16. The van der Waals surface area contributed by atoms with Crippen LogP contribution >= 0.6 is 0 Å². The molecule has 0 saturated carbocycles. The molecule has 0 aliphatic heterocycles. The molecule has 0 fully saturated rings. The molecule has 0 aromatic carbocycles. The topological polar surface area (TPSA) is 26.3 Å². The molecule has 0 aromatic rings. The fraction of sp³-hybridized carbons (Fsp3) is 0.958. The summed E-state index contributed by atoms with van der Waals surface area (Å²) >= 11 is 0. The molecular weight excluding hydrogens is 320 g/mol. The maximum atomic E-state index is 12.2. The predicted molar refractivity (Wildman–Crippen MR) is 115 cm³/mol. The summed E-state index contributed by atoms with van der Waals surface area (Å²) in [5, 5.41) is 0. The third-order valence-corrected chi connectivity index (χ3v) is 5.66. The van der Waals surface area contributed by atoms with Crippen LogP contribution in [0.25, 0.3) is 0 Å². The Hall–Kier alpha value is -0.530. The van der Waals surface area contributed by atoms with Crippen molar-refractivity contribution < 1.29 is 9.53 Å². The van der Waals surface area contributed by atoms with Gasteiger partial charge in [-0.15, -0.1) is 0 Å². The van der Waals surface area contributed by atoms with Gasteiger partial charge in [-0.05, 0) is 25.7 Å². The molecule has 0 N–H and O–H groups in total. The number of ether oxygens (including phenoxy) is 1. The van der Waals surface area contributed by atoms with E-state index < -0.39 is 0 Å². The predicted octanol–water partition coefficient (Wildman–Crippen LogP) is 8.08. The highest BCUT2D eigenvalue weighted by atomic mass is 16.5. The minimum absolute atomic E-state index is 0.0346. The van der Waals surface area contributed by atoms with Crippen LogP contribution in [0.5, 0.6) is 0 Å². The van der Waals surface area contributed by atoms with E-state index in [1.165, 1.54) is 83.5 Å². The second-order valence-electron chi connectivity index (χ2n) is 8.16. The average Bonchev–Trinajstić information content (AvgIpc) is 2.63. The molecule has 0 aromatic heterocycles. The number of esters is 1. The van der Waals surface area contributed by atoms with Gasteiger partial charge in [0.15, 0.2) is 0 Å². The Morgan fingerprint density at radius 2 is 1.12 bits per heavy atom. The number of unbranched alkanes of at least 4 members (excludes halogenated alkanes) is 12.